The van der Waals surface area contributed by atoms with Gasteiger partial charge in [0.05, 0.1) is 11.8 Å². The zero-order valence-electron chi connectivity index (χ0n) is 10.6. The lowest BCUT2D eigenvalue weighted by Gasteiger charge is -2.16. The Balaban J connectivity index is 1.67. The van der Waals surface area contributed by atoms with Crippen molar-refractivity contribution in [1.29, 1.82) is 0 Å². The number of hydrogen-bond acceptors (Lipinski definition) is 4. The molecule has 20 heavy (non-hydrogen) atoms. The summed E-state index contributed by atoms with van der Waals surface area (Å²) in [6, 6.07) is 0. The summed E-state index contributed by atoms with van der Waals surface area (Å²) in [5.74, 6) is -2.85. The number of carbonyl (C=O) groups excluding carboxylic acids is 3. The van der Waals surface area contributed by atoms with E-state index in [9.17, 15) is 19.2 Å². The normalized spacial score (nSPS) is 33.7. The maximum Gasteiger partial charge on any atom is 0.322 e. The summed E-state index contributed by atoms with van der Waals surface area (Å²) >= 11 is 0. The molecule has 1 saturated heterocycles. The summed E-state index contributed by atoms with van der Waals surface area (Å²) in [6.45, 7) is -0.911. The van der Waals surface area contributed by atoms with Crippen molar-refractivity contribution in [3.05, 3.63) is 12.2 Å². The fraction of sp³-hybridized carbons (Fsp3) is 0.538. The number of rotatable bonds is 4. The first kappa shape index (κ1) is 12.8. The minimum atomic E-state index is -1.17. The number of carbonyl (C=O) groups is 4. The van der Waals surface area contributed by atoms with Gasteiger partial charge < -0.3 is 10.4 Å². The Labute approximate surface area is 114 Å². The molecule has 0 aromatic carbocycles. The minimum absolute atomic E-state index is 0.105. The third-order valence-electron chi connectivity index (χ3n) is 4.30. The van der Waals surface area contributed by atoms with E-state index in [-0.39, 0.29) is 35.5 Å². The highest BCUT2D eigenvalue weighted by molar-refractivity contribution is 6.08. The highest BCUT2D eigenvalue weighted by atomic mass is 16.4. The van der Waals surface area contributed by atoms with Crippen molar-refractivity contribution in [3.8, 4) is 0 Å². The van der Waals surface area contributed by atoms with Crippen LogP contribution in [0.5, 0.6) is 0 Å². The summed E-state index contributed by atoms with van der Waals surface area (Å²) in [5, 5.41) is 10.6. The number of imide groups is 1. The third kappa shape index (κ3) is 1.81. The van der Waals surface area contributed by atoms with Crippen LogP contribution in [-0.4, -0.2) is 46.8 Å². The van der Waals surface area contributed by atoms with Gasteiger partial charge in [0, 0.05) is 0 Å². The van der Waals surface area contributed by atoms with E-state index in [1.54, 1.807) is 0 Å². The molecule has 2 bridgehead atoms. The van der Waals surface area contributed by atoms with Crippen LogP contribution in [0.3, 0.4) is 0 Å². The Kier molecular flexibility index (Phi) is 2.84. The average Bonchev–Trinajstić information content (AvgIpc) is 3.06. The van der Waals surface area contributed by atoms with Crippen molar-refractivity contribution in [2.45, 2.75) is 6.42 Å². The lowest BCUT2D eigenvalue weighted by molar-refractivity contribution is -0.144. The number of aliphatic carboxylic acids is 1. The van der Waals surface area contributed by atoms with Crippen LogP contribution in [-0.2, 0) is 19.2 Å². The summed E-state index contributed by atoms with van der Waals surface area (Å²) in [4.78, 5) is 47.4. The van der Waals surface area contributed by atoms with Crippen LogP contribution in [0.1, 0.15) is 6.42 Å². The van der Waals surface area contributed by atoms with Gasteiger partial charge in [-0.1, -0.05) is 12.2 Å². The van der Waals surface area contributed by atoms with Crippen LogP contribution in [0, 0.1) is 23.7 Å². The lowest BCUT2D eigenvalue weighted by atomic mass is 9.85. The van der Waals surface area contributed by atoms with Crippen LogP contribution in [0.25, 0.3) is 0 Å². The highest BCUT2D eigenvalue weighted by Gasteiger charge is 2.59. The molecule has 7 nitrogen and oxygen atoms in total. The standard InChI is InChI=1S/C13H14N2O5/c16-8(14-4-9(17)18)5-15-12(19)10-6-1-2-7(3-6)11(10)13(15)20/h1-2,6-7,10-11H,3-5H2,(H,14,16)(H,17,18)/t6-,7+,10-,11+. The molecule has 2 N–H and O–H groups in total. The molecular formula is C13H14N2O5. The largest absolute Gasteiger partial charge is 0.480 e. The fourth-order valence-electron chi connectivity index (χ4n) is 3.49. The molecule has 0 radical (unpaired) electrons. The number of hydrogen-bond donors (Lipinski definition) is 2. The summed E-state index contributed by atoms with van der Waals surface area (Å²) < 4.78 is 0. The van der Waals surface area contributed by atoms with Gasteiger partial charge in [-0.15, -0.1) is 0 Å². The minimum Gasteiger partial charge on any atom is -0.480 e. The molecule has 4 atom stereocenters. The Hall–Kier alpha value is -2.18. The molecular weight excluding hydrogens is 264 g/mol. The van der Waals surface area contributed by atoms with Crippen molar-refractivity contribution in [1.82, 2.24) is 10.2 Å². The number of nitrogens with one attached hydrogen (secondary N) is 1. The van der Waals surface area contributed by atoms with Crippen molar-refractivity contribution >= 4 is 23.7 Å². The van der Waals surface area contributed by atoms with Gasteiger partial charge in [0.15, 0.2) is 0 Å². The quantitative estimate of drug-likeness (QED) is 0.507. The zero-order valence-corrected chi connectivity index (χ0v) is 10.6. The molecule has 2 aliphatic carbocycles. The van der Waals surface area contributed by atoms with E-state index < -0.39 is 25.0 Å². The topological polar surface area (TPSA) is 104 Å². The molecule has 7 heteroatoms. The van der Waals surface area contributed by atoms with E-state index in [1.807, 2.05) is 12.2 Å². The zero-order chi connectivity index (χ0) is 14.4. The number of carboxylic acids is 1. The smallest absolute Gasteiger partial charge is 0.322 e. The Morgan fingerprint density at radius 2 is 1.75 bits per heavy atom. The maximum absolute atomic E-state index is 12.2. The highest BCUT2D eigenvalue weighted by Crippen LogP contribution is 2.52. The van der Waals surface area contributed by atoms with Crippen LogP contribution in [0.4, 0.5) is 0 Å². The van der Waals surface area contributed by atoms with Crippen molar-refractivity contribution in [2.75, 3.05) is 13.1 Å². The first-order valence-electron chi connectivity index (χ1n) is 6.51. The first-order valence-corrected chi connectivity index (χ1v) is 6.51. The molecule has 1 heterocycles. The molecule has 1 saturated carbocycles. The Bertz CT molecular complexity index is 511. The number of nitrogens with zero attached hydrogens (tertiary/aromatic N) is 1. The average molecular weight is 278 g/mol. The molecule has 106 valence electrons. The predicted molar refractivity (Wildman–Crippen MR) is 65.1 cm³/mol. The SMILES string of the molecule is O=C(O)CNC(=O)CN1C(=O)[C@@H]2[C@H](C1=O)[C@@H]1C=C[C@H]2C1. The van der Waals surface area contributed by atoms with Crippen LogP contribution in [0.2, 0.25) is 0 Å². The second-order valence-electron chi connectivity index (χ2n) is 5.43. The van der Waals surface area contributed by atoms with Gasteiger partial charge in [0.2, 0.25) is 17.7 Å². The van der Waals surface area contributed by atoms with E-state index in [4.69, 9.17) is 5.11 Å². The van der Waals surface area contributed by atoms with Gasteiger partial charge in [0.25, 0.3) is 0 Å². The van der Waals surface area contributed by atoms with E-state index in [1.165, 1.54) is 0 Å². The van der Waals surface area contributed by atoms with Crippen molar-refractivity contribution in [2.24, 2.45) is 23.7 Å². The Morgan fingerprint density at radius 3 is 2.25 bits per heavy atom. The monoisotopic (exact) mass is 278 g/mol. The molecule has 3 amide bonds. The summed E-state index contributed by atoms with van der Waals surface area (Å²) in [5.41, 5.74) is 0. The number of likely N-dealkylation sites (tertiary alicyclic amines) is 1. The molecule has 0 unspecified atom stereocenters. The van der Waals surface area contributed by atoms with Gasteiger partial charge in [-0.05, 0) is 18.3 Å². The molecule has 0 spiro atoms. The molecule has 3 aliphatic rings. The number of amides is 3. The van der Waals surface area contributed by atoms with Crippen LogP contribution >= 0.6 is 0 Å². The first-order chi connectivity index (χ1) is 9.49. The van der Waals surface area contributed by atoms with E-state index in [0.29, 0.717) is 0 Å². The van der Waals surface area contributed by atoms with Gasteiger partial charge in [0.1, 0.15) is 13.1 Å². The Morgan fingerprint density at radius 1 is 1.20 bits per heavy atom. The predicted octanol–water partition coefficient (Wildman–Crippen LogP) is -1.01. The van der Waals surface area contributed by atoms with Crippen molar-refractivity contribution in [3.63, 3.8) is 0 Å². The van der Waals surface area contributed by atoms with Gasteiger partial charge in [-0.2, -0.15) is 0 Å². The lowest BCUT2D eigenvalue weighted by Crippen LogP contribution is -2.43. The summed E-state index contributed by atoms with van der Waals surface area (Å²) in [7, 11) is 0. The molecule has 1 aliphatic heterocycles. The second kappa shape index (κ2) is 4.43. The number of allylic oxidation sites excluding steroid dienone is 2. The van der Waals surface area contributed by atoms with Crippen molar-refractivity contribution < 1.29 is 24.3 Å². The number of carboxylic acid groups (broad SMARTS) is 1. The maximum atomic E-state index is 12.2. The molecule has 0 aromatic heterocycles. The van der Waals surface area contributed by atoms with E-state index in [0.717, 1.165) is 11.3 Å². The van der Waals surface area contributed by atoms with Gasteiger partial charge in [-0.25, -0.2) is 0 Å². The fourth-order valence-corrected chi connectivity index (χ4v) is 3.49. The second-order valence-corrected chi connectivity index (χ2v) is 5.43. The van der Waals surface area contributed by atoms with Gasteiger partial charge >= 0.3 is 5.97 Å². The van der Waals surface area contributed by atoms with Crippen LogP contribution < -0.4 is 5.32 Å². The van der Waals surface area contributed by atoms with Gasteiger partial charge in [-0.3, -0.25) is 24.1 Å². The van der Waals surface area contributed by atoms with Crippen LogP contribution in [0.15, 0.2) is 12.2 Å². The number of fused-ring (bicyclic) bond motifs is 5. The molecule has 0 aromatic rings. The third-order valence-corrected chi connectivity index (χ3v) is 4.30. The summed E-state index contributed by atoms with van der Waals surface area (Å²) in [6.07, 6.45) is 4.79. The van der Waals surface area contributed by atoms with E-state index >= 15 is 0 Å². The molecule has 3 rings (SSSR count). The van der Waals surface area contributed by atoms with E-state index in [2.05, 4.69) is 5.32 Å². The molecule has 2 fully saturated rings.